The lowest BCUT2D eigenvalue weighted by Crippen LogP contribution is -2.65. The van der Waals surface area contributed by atoms with Crippen molar-refractivity contribution in [3.63, 3.8) is 0 Å². The van der Waals surface area contributed by atoms with Crippen molar-refractivity contribution >= 4 is 23.0 Å². The van der Waals surface area contributed by atoms with Crippen molar-refractivity contribution in [3.8, 4) is 5.75 Å². The van der Waals surface area contributed by atoms with Gasteiger partial charge in [0.25, 0.3) is 0 Å². The van der Waals surface area contributed by atoms with Gasteiger partial charge in [-0.25, -0.2) is 0 Å². The number of rotatable bonds is 2. The monoisotopic (exact) mass is 324 g/mol. The minimum atomic E-state index is -0.466. The first-order valence-corrected chi connectivity index (χ1v) is 8.50. The zero-order chi connectivity index (χ0) is 16.0. The highest BCUT2D eigenvalue weighted by atomic mass is 32.1. The van der Waals surface area contributed by atoms with E-state index in [2.05, 4.69) is 54.4 Å². The molecule has 2 aliphatic heterocycles. The van der Waals surface area contributed by atoms with Crippen molar-refractivity contribution < 1.29 is 4.74 Å². The van der Waals surface area contributed by atoms with E-state index in [1.165, 1.54) is 11.1 Å². The second kappa shape index (κ2) is 5.24. The van der Waals surface area contributed by atoms with Gasteiger partial charge in [0.2, 0.25) is 0 Å². The first-order chi connectivity index (χ1) is 11.1. The number of nitrogens with zero attached hydrogens (tertiary/aromatic N) is 1. The summed E-state index contributed by atoms with van der Waals surface area (Å²) in [4.78, 5) is 2.15. The molecule has 2 aromatic rings. The predicted octanol–water partition coefficient (Wildman–Crippen LogP) is 4.18. The number of aryl methyl sites for hydroxylation is 1. The lowest BCUT2D eigenvalue weighted by molar-refractivity contribution is 0.0496. The minimum absolute atomic E-state index is 0.211. The zero-order valence-electron chi connectivity index (χ0n) is 13.4. The molecule has 23 heavy (non-hydrogen) atoms. The Bertz CT molecular complexity index is 775. The van der Waals surface area contributed by atoms with E-state index in [0.717, 1.165) is 29.4 Å². The van der Waals surface area contributed by atoms with Crippen molar-refractivity contribution in [2.45, 2.75) is 38.5 Å². The smallest absolute Gasteiger partial charge is 0.188 e. The highest BCUT2D eigenvalue weighted by Crippen LogP contribution is 2.45. The molecule has 0 unspecified atom stereocenters. The normalized spacial score (nSPS) is 25.4. The van der Waals surface area contributed by atoms with Gasteiger partial charge in [0.15, 0.2) is 10.8 Å². The molecule has 0 aliphatic carbocycles. The summed E-state index contributed by atoms with van der Waals surface area (Å²) in [6.07, 6.45) is 1.83. The number of ether oxygens (including phenoxy) is 1. The van der Waals surface area contributed by atoms with E-state index in [1.54, 1.807) is 0 Å². The van der Waals surface area contributed by atoms with Crippen LogP contribution in [-0.2, 0) is 6.42 Å². The van der Waals surface area contributed by atoms with Crippen molar-refractivity contribution in [2.75, 3.05) is 4.90 Å². The second-order valence-corrected chi connectivity index (χ2v) is 6.73. The van der Waals surface area contributed by atoms with Crippen LogP contribution in [0.1, 0.15) is 37.4 Å². The number of hydrogen-bond acceptors (Lipinski definition) is 2. The Kier molecular flexibility index (Phi) is 3.31. The van der Waals surface area contributed by atoms with Gasteiger partial charge < -0.3 is 10.1 Å². The summed E-state index contributed by atoms with van der Waals surface area (Å²) >= 11 is 5.71. The van der Waals surface area contributed by atoms with Crippen LogP contribution in [0.3, 0.4) is 0 Å². The molecule has 0 spiro atoms. The molecule has 4 heteroatoms. The molecular formula is C19H20N2OS. The number of thiocarbonyl (C=S) groups is 1. The zero-order valence-corrected chi connectivity index (χ0v) is 14.2. The highest BCUT2D eigenvalue weighted by Gasteiger charge is 2.48. The van der Waals surface area contributed by atoms with Crippen LogP contribution < -0.4 is 15.0 Å². The van der Waals surface area contributed by atoms with Gasteiger partial charge in [0.1, 0.15) is 5.75 Å². The van der Waals surface area contributed by atoms with Gasteiger partial charge in [-0.3, -0.25) is 4.90 Å². The summed E-state index contributed by atoms with van der Waals surface area (Å²) in [5, 5.41) is 4.24. The lowest BCUT2D eigenvalue weighted by atomic mass is 9.90. The standard InChI is InChI=1S/C19H20N2OS/c1-3-13-8-4-6-10-16(13)21-18(23)20-15-12-19(21,2)22-17-11-7-5-9-14(15)17/h4-11,15H,3,12H2,1-2H3,(H,20,23)/t15-,19+/m0/s1. The Labute approximate surface area is 142 Å². The van der Waals surface area contributed by atoms with Crippen LogP contribution in [-0.4, -0.2) is 10.8 Å². The molecule has 2 heterocycles. The third-order valence-electron chi connectivity index (χ3n) is 4.79. The molecule has 118 valence electrons. The van der Waals surface area contributed by atoms with Crippen LogP contribution in [0.2, 0.25) is 0 Å². The maximum absolute atomic E-state index is 6.43. The molecule has 2 aromatic carbocycles. The van der Waals surface area contributed by atoms with Gasteiger partial charge in [-0.05, 0) is 43.3 Å². The van der Waals surface area contributed by atoms with Crippen LogP contribution in [0.4, 0.5) is 5.69 Å². The summed E-state index contributed by atoms with van der Waals surface area (Å²) in [6.45, 7) is 4.30. The summed E-state index contributed by atoms with van der Waals surface area (Å²) in [6, 6.07) is 16.9. The van der Waals surface area contributed by atoms with Gasteiger partial charge in [0.05, 0.1) is 11.7 Å². The maximum atomic E-state index is 6.43. The Morgan fingerprint density at radius 3 is 2.78 bits per heavy atom. The fraction of sp³-hybridized carbons (Fsp3) is 0.316. The SMILES string of the molecule is CCc1ccccc1N1C(=S)N[C@H]2C[C@@]1(C)Oc1ccccc12. The number of fused-ring (bicyclic) bond motifs is 4. The van der Waals surface area contributed by atoms with Crippen LogP contribution in [0.5, 0.6) is 5.75 Å². The fourth-order valence-electron chi connectivity index (χ4n) is 3.71. The first-order valence-electron chi connectivity index (χ1n) is 8.09. The summed E-state index contributed by atoms with van der Waals surface area (Å²) in [5.41, 5.74) is 3.13. The van der Waals surface area contributed by atoms with Crippen molar-refractivity contribution in [3.05, 3.63) is 59.7 Å². The number of nitrogens with one attached hydrogen (secondary N) is 1. The third-order valence-corrected chi connectivity index (χ3v) is 5.09. The van der Waals surface area contributed by atoms with Gasteiger partial charge in [0, 0.05) is 12.0 Å². The van der Waals surface area contributed by atoms with E-state index in [0.29, 0.717) is 0 Å². The highest BCUT2D eigenvalue weighted by molar-refractivity contribution is 7.80. The molecule has 1 saturated heterocycles. The van der Waals surface area contributed by atoms with Crippen LogP contribution in [0, 0.1) is 0 Å². The van der Waals surface area contributed by atoms with E-state index in [4.69, 9.17) is 17.0 Å². The number of benzene rings is 2. The quantitative estimate of drug-likeness (QED) is 0.838. The van der Waals surface area contributed by atoms with Gasteiger partial charge in [-0.1, -0.05) is 43.3 Å². The summed E-state index contributed by atoms with van der Waals surface area (Å²) in [5.74, 6) is 0.945. The number of anilines is 1. The molecule has 4 rings (SSSR count). The minimum Gasteiger partial charge on any atom is -0.467 e. The van der Waals surface area contributed by atoms with Crippen molar-refractivity contribution in [1.82, 2.24) is 5.32 Å². The van der Waals surface area contributed by atoms with E-state index >= 15 is 0 Å². The molecule has 0 aromatic heterocycles. The van der Waals surface area contributed by atoms with Gasteiger partial charge >= 0.3 is 0 Å². The lowest BCUT2D eigenvalue weighted by Gasteiger charge is -2.52. The second-order valence-electron chi connectivity index (χ2n) is 6.34. The molecule has 0 amide bonds. The molecule has 1 fully saturated rings. The van der Waals surface area contributed by atoms with Crippen molar-refractivity contribution in [2.24, 2.45) is 0 Å². The topological polar surface area (TPSA) is 24.5 Å². The van der Waals surface area contributed by atoms with Crippen LogP contribution >= 0.6 is 12.2 Å². The summed E-state index contributed by atoms with van der Waals surface area (Å²) < 4.78 is 6.43. The molecule has 3 nitrogen and oxygen atoms in total. The summed E-state index contributed by atoms with van der Waals surface area (Å²) in [7, 11) is 0. The maximum Gasteiger partial charge on any atom is 0.188 e. The van der Waals surface area contributed by atoms with E-state index in [9.17, 15) is 0 Å². The first kappa shape index (κ1) is 14.5. The van der Waals surface area contributed by atoms with E-state index < -0.39 is 5.72 Å². The Balaban J connectivity index is 1.83. The third kappa shape index (κ3) is 2.20. The Hall–Kier alpha value is -2.07. The van der Waals surface area contributed by atoms with Crippen LogP contribution in [0.25, 0.3) is 0 Å². The molecule has 0 radical (unpaired) electrons. The number of para-hydroxylation sites is 2. The molecule has 2 atom stereocenters. The van der Waals surface area contributed by atoms with Crippen molar-refractivity contribution in [1.29, 1.82) is 0 Å². The average molecular weight is 324 g/mol. The van der Waals surface area contributed by atoms with Crippen LogP contribution in [0.15, 0.2) is 48.5 Å². The molecule has 2 aliphatic rings. The molecule has 0 saturated carbocycles. The average Bonchev–Trinajstić information content (AvgIpc) is 2.54. The fourth-order valence-corrected chi connectivity index (χ4v) is 4.15. The van der Waals surface area contributed by atoms with E-state index in [1.807, 2.05) is 18.2 Å². The Morgan fingerprint density at radius 1 is 1.22 bits per heavy atom. The van der Waals surface area contributed by atoms with E-state index in [-0.39, 0.29) is 6.04 Å². The predicted molar refractivity (Wildman–Crippen MR) is 96.9 cm³/mol. The largest absolute Gasteiger partial charge is 0.467 e. The number of hydrogen-bond donors (Lipinski definition) is 1. The molecule has 1 N–H and O–H groups in total. The molecule has 2 bridgehead atoms. The Morgan fingerprint density at radius 2 is 1.96 bits per heavy atom. The molecular weight excluding hydrogens is 304 g/mol. The van der Waals surface area contributed by atoms with Gasteiger partial charge in [-0.15, -0.1) is 0 Å². The van der Waals surface area contributed by atoms with Gasteiger partial charge in [-0.2, -0.15) is 0 Å².